The van der Waals surface area contributed by atoms with Crippen LogP contribution in [0.1, 0.15) is 35.7 Å². The molecular formula is C19H17ClN2O2. The highest BCUT2D eigenvalue weighted by molar-refractivity contribution is 6.31. The molecule has 0 radical (unpaired) electrons. The lowest BCUT2D eigenvalue weighted by atomic mass is 9.99. The van der Waals surface area contributed by atoms with Crippen molar-refractivity contribution in [3.05, 3.63) is 71.2 Å². The molecule has 3 aromatic rings. The average Bonchev–Trinajstić information content (AvgIpc) is 3.09. The quantitative estimate of drug-likeness (QED) is 0.694. The molecule has 0 unspecified atom stereocenters. The number of nitrogens with one attached hydrogen (secondary N) is 1. The van der Waals surface area contributed by atoms with Gasteiger partial charge in [0, 0.05) is 21.8 Å². The van der Waals surface area contributed by atoms with Crippen LogP contribution in [0, 0.1) is 0 Å². The summed E-state index contributed by atoms with van der Waals surface area (Å²) in [5.41, 5.74) is 3.20. The Morgan fingerprint density at radius 2 is 2.04 bits per heavy atom. The topological polar surface area (TPSA) is 55.1 Å². The molecule has 1 aromatic heterocycles. The monoisotopic (exact) mass is 340 g/mol. The molecule has 2 aromatic carbocycles. The van der Waals surface area contributed by atoms with E-state index in [1.54, 1.807) is 30.5 Å². The highest BCUT2D eigenvalue weighted by Crippen LogP contribution is 2.28. The van der Waals surface area contributed by atoms with Gasteiger partial charge in [0.15, 0.2) is 12.2 Å². The van der Waals surface area contributed by atoms with E-state index in [0.29, 0.717) is 28.0 Å². The van der Waals surface area contributed by atoms with Gasteiger partial charge in [-0.2, -0.15) is 0 Å². The maximum absolute atomic E-state index is 12.4. The number of nitrogens with zero attached hydrogens (tertiary/aromatic N) is 1. The van der Waals surface area contributed by atoms with E-state index in [4.69, 9.17) is 16.0 Å². The lowest BCUT2D eigenvalue weighted by molar-refractivity contribution is 0.102. The normalized spacial score (nSPS) is 10.8. The van der Waals surface area contributed by atoms with Crippen molar-refractivity contribution < 1.29 is 9.21 Å². The Morgan fingerprint density at radius 3 is 2.71 bits per heavy atom. The Kier molecular flexibility index (Phi) is 4.67. The molecule has 0 bridgehead atoms. The van der Waals surface area contributed by atoms with Crippen LogP contribution in [0.2, 0.25) is 5.02 Å². The van der Waals surface area contributed by atoms with E-state index < -0.39 is 0 Å². The van der Waals surface area contributed by atoms with Crippen molar-refractivity contribution in [3.8, 4) is 11.3 Å². The third kappa shape index (κ3) is 3.66. The van der Waals surface area contributed by atoms with Crippen molar-refractivity contribution in [2.24, 2.45) is 0 Å². The molecule has 1 N–H and O–H groups in total. The van der Waals surface area contributed by atoms with Crippen LogP contribution in [0.15, 0.2) is 59.5 Å². The molecular weight excluding hydrogens is 324 g/mol. The maximum atomic E-state index is 12.4. The lowest BCUT2D eigenvalue weighted by Crippen LogP contribution is -2.12. The molecule has 0 aliphatic heterocycles. The fraction of sp³-hybridized carbons (Fsp3) is 0.158. The van der Waals surface area contributed by atoms with Gasteiger partial charge in [-0.15, -0.1) is 0 Å². The second-order valence-corrected chi connectivity index (χ2v) is 6.26. The fourth-order valence-corrected chi connectivity index (χ4v) is 2.58. The molecule has 0 atom stereocenters. The lowest BCUT2D eigenvalue weighted by Gasteiger charge is -2.12. The second kappa shape index (κ2) is 6.89. The summed E-state index contributed by atoms with van der Waals surface area (Å²) in [6.45, 7) is 4.20. The van der Waals surface area contributed by atoms with Gasteiger partial charge in [0.1, 0.15) is 0 Å². The zero-order valence-electron chi connectivity index (χ0n) is 13.4. The Balaban J connectivity index is 1.93. The summed E-state index contributed by atoms with van der Waals surface area (Å²) in [7, 11) is 0. The van der Waals surface area contributed by atoms with E-state index in [1.807, 2.05) is 18.2 Å². The minimum absolute atomic E-state index is 0.207. The summed E-state index contributed by atoms with van der Waals surface area (Å²) < 4.78 is 5.37. The van der Waals surface area contributed by atoms with Gasteiger partial charge in [0.25, 0.3) is 5.91 Å². The summed E-state index contributed by atoms with van der Waals surface area (Å²) in [5, 5.41) is 3.45. The standard InChI is InChI=1S/C19H17ClN2O2/c1-12(2)14-6-15(18-10-21-11-24-18)9-17(8-14)22-19(23)13-4-3-5-16(20)7-13/h3-12H,1-2H3,(H,22,23). The van der Waals surface area contributed by atoms with Crippen molar-refractivity contribution >= 4 is 23.2 Å². The van der Waals surface area contributed by atoms with Crippen LogP contribution in [0.3, 0.4) is 0 Å². The number of aromatic nitrogens is 1. The van der Waals surface area contributed by atoms with Crippen LogP contribution < -0.4 is 5.32 Å². The average molecular weight is 341 g/mol. The maximum Gasteiger partial charge on any atom is 0.255 e. The Bertz CT molecular complexity index is 858. The number of oxazole rings is 1. The Labute approximate surface area is 145 Å². The van der Waals surface area contributed by atoms with Crippen molar-refractivity contribution in [1.82, 2.24) is 4.98 Å². The number of amides is 1. The van der Waals surface area contributed by atoms with Gasteiger partial charge in [-0.3, -0.25) is 4.79 Å². The summed E-state index contributed by atoms with van der Waals surface area (Å²) in [6, 6.07) is 12.7. The van der Waals surface area contributed by atoms with Gasteiger partial charge in [0.2, 0.25) is 0 Å². The van der Waals surface area contributed by atoms with Crippen molar-refractivity contribution in [3.63, 3.8) is 0 Å². The number of hydrogen-bond acceptors (Lipinski definition) is 3. The molecule has 0 aliphatic carbocycles. The first-order valence-electron chi connectivity index (χ1n) is 7.63. The smallest absolute Gasteiger partial charge is 0.255 e. The van der Waals surface area contributed by atoms with E-state index in [9.17, 15) is 4.79 Å². The van der Waals surface area contributed by atoms with E-state index in [-0.39, 0.29) is 5.91 Å². The number of carbonyl (C=O) groups excluding carboxylic acids is 1. The first-order chi connectivity index (χ1) is 11.5. The number of benzene rings is 2. The molecule has 1 amide bonds. The van der Waals surface area contributed by atoms with Crippen LogP contribution in [0.5, 0.6) is 0 Å². The molecule has 0 saturated carbocycles. The highest BCUT2D eigenvalue weighted by Gasteiger charge is 2.12. The van der Waals surface area contributed by atoms with Gasteiger partial charge in [-0.05, 0) is 47.9 Å². The van der Waals surface area contributed by atoms with Crippen LogP contribution in [-0.4, -0.2) is 10.9 Å². The summed E-state index contributed by atoms with van der Waals surface area (Å²) in [5.74, 6) is 0.771. The molecule has 4 nitrogen and oxygen atoms in total. The molecule has 24 heavy (non-hydrogen) atoms. The third-order valence-corrected chi connectivity index (χ3v) is 3.92. The van der Waals surface area contributed by atoms with E-state index in [2.05, 4.69) is 24.1 Å². The predicted octanol–water partition coefficient (Wildman–Crippen LogP) is 5.37. The molecule has 0 aliphatic rings. The van der Waals surface area contributed by atoms with Crippen LogP contribution >= 0.6 is 11.6 Å². The highest BCUT2D eigenvalue weighted by atomic mass is 35.5. The van der Waals surface area contributed by atoms with Crippen LogP contribution in [0.25, 0.3) is 11.3 Å². The van der Waals surface area contributed by atoms with Crippen molar-refractivity contribution in [2.75, 3.05) is 5.32 Å². The molecule has 0 saturated heterocycles. The Hall–Kier alpha value is -2.59. The first-order valence-corrected chi connectivity index (χ1v) is 8.01. The van der Waals surface area contributed by atoms with E-state index >= 15 is 0 Å². The van der Waals surface area contributed by atoms with Gasteiger partial charge >= 0.3 is 0 Å². The molecule has 0 spiro atoms. The van der Waals surface area contributed by atoms with Gasteiger partial charge in [-0.25, -0.2) is 4.98 Å². The number of carbonyl (C=O) groups is 1. The van der Waals surface area contributed by atoms with Gasteiger partial charge < -0.3 is 9.73 Å². The number of hydrogen-bond donors (Lipinski definition) is 1. The third-order valence-electron chi connectivity index (χ3n) is 3.68. The van der Waals surface area contributed by atoms with E-state index in [1.165, 1.54) is 6.39 Å². The molecule has 3 rings (SSSR count). The van der Waals surface area contributed by atoms with E-state index in [0.717, 1.165) is 11.1 Å². The van der Waals surface area contributed by atoms with Crippen molar-refractivity contribution in [2.45, 2.75) is 19.8 Å². The molecule has 122 valence electrons. The van der Waals surface area contributed by atoms with Crippen LogP contribution in [-0.2, 0) is 0 Å². The molecule has 1 heterocycles. The molecule has 5 heteroatoms. The summed E-state index contributed by atoms with van der Waals surface area (Å²) >= 11 is 5.95. The number of halogens is 1. The zero-order valence-corrected chi connectivity index (χ0v) is 14.2. The zero-order chi connectivity index (χ0) is 17.1. The number of anilines is 1. The largest absolute Gasteiger partial charge is 0.444 e. The number of rotatable bonds is 4. The minimum Gasteiger partial charge on any atom is -0.444 e. The summed E-state index contributed by atoms with van der Waals surface area (Å²) in [4.78, 5) is 16.4. The first kappa shape index (κ1) is 16.3. The Morgan fingerprint density at radius 1 is 1.21 bits per heavy atom. The van der Waals surface area contributed by atoms with Crippen LogP contribution in [0.4, 0.5) is 5.69 Å². The predicted molar refractivity (Wildman–Crippen MR) is 95.4 cm³/mol. The minimum atomic E-state index is -0.207. The van der Waals surface area contributed by atoms with Gasteiger partial charge in [0.05, 0.1) is 6.20 Å². The molecule has 0 fully saturated rings. The second-order valence-electron chi connectivity index (χ2n) is 5.83. The van der Waals surface area contributed by atoms with Gasteiger partial charge in [-0.1, -0.05) is 31.5 Å². The fourth-order valence-electron chi connectivity index (χ4n) is 2.39. The SMILES string of the molecule is CC(C)c1cc(NC(=O)c2cccc(Cl)c2)cc(-c2cnco2)c1. The summed E-state index contributed by atoms with van der Waals surface area (Å²) in [6.07, 6.45) is 3.05. The van der Waals surface area contributed by atoms with Crippen molar-refractivity contribution in [1.29, 1.82) is 0 Å².